The molecule has 0 aliphatic rings. The Morgan fingerprint density at radius 3 is 2.09 bits per heavy atom. The van der Waals surface area contributed by atoms with Gasteiger partial charge in [-0.05, 0) is 47.2 Å². The van der Waals surface area contributed by atoms with E-state index in [1.165, 1.54) is 11.1 Å². The fraction of sp³-hybridized carbons (Fsp3) is 0.368. The van der Waals surface area contributed by atoms with E-state index in [2.05, 4.69) is 45.0 Å². The molecule has 1 atom stereocenters. The van der Waals surface area contributed by atoms with Gasteiger partial charge >= 0.3 is 0 Å². The molecule has 0 spiro atoms. The molecule has 2 rings (SSSR count). The SMILES string of the molecule is CC(C)(C)c1ccc(CC(CN)c2ccc(Cl)c(Cl)c2)cc1. The maximum absolute atomic E-state index is 6.12. The molecule has 1 unspecified atom stereocenters. The first-order valence-corrected chi connectivity index (χ1v) is 8.31. The van der Waals surface area contributed by atoms with Crippen LogP contribution in [0, 0.1) is 0 Å². The Hall–Kier alpha value is -1.02. The van der Waals surface area contributed by atoms with Gasteiger partial charge in [0.2, 0.25) is 0 Å². The maximum Gasteiger partial charge on any atom is 0.0595 e. The first-order valence-electron chi connectivity index (χ1n) is 7.55. The first-order chi connectivity index (χ1) is 10.3. The van der Waals surface area contributed by atoms with E-state index in [1.807, 2.05) is 18.2 Å². The molecule has 0 bridgehead atoms. The van der Waals surface area contributed by atoms with Crippen LogP contribution in [0.15, 0.2) is 42.5 Å². The van der Waals surface area contributed by atoms with Gasteiger partial charge < -0.3 is 5.73 Å². The monoisotopic (exact) mass is 335 g/mol. The van der Waals surface area contributed by atoms with Crippen LogP contribution in [0.3, 0.4) is 0 Å². The van der Waals surface area contributed by atoms with Crippen LogP contribution in [0.1, 0.15) is 43.4 Å². The zero-order chi connectivity index (χ0) is 16.3. The van der Waals surface area contributed by atoms with Gasteiger partial charge in [-0.15, -0.1) is 0 Å². The summed E-state index contributed by atoms with van der Waals surface area (Å²) in [5, 5.41) is 1.16. The van der Waals surface area contributed by atoms with Gasteiger partial charge in [0.1, 0.15) is 0 Å². The minimum atomic E-state index is 0.176. The standard InChI is InChI=1S/C19H23Cl2N/c1-19(2,3)16-7-4-13(5-8-16)10-15(12-22)14-6-9-17(20)18(21)11-14/h4-9,11,15H,10,12,22H2,1-3H3. The Morgan fingerprint density at radius 2 is 1.59 bits per heavy atom. The quantitative estimate of drug-likeness (QED) is 0.775. The molecule has 2 N–H and O–H groups in total. The summed E-state index contributed by atoms with van der Waals surface area (Å²) in [6, 6.07) is 14.6. The van der Waals surface area contributed by atoms with Gasteiger partial charge in [0.25, 0.3) is 0 Å². The Balaban J connectivity index is 2.18. The zero-order valence-corrected chi connectivity index (χ0v) is 14.9. The Morgan fingerprint density at radius 1 is 0.955 bits per heavy atom. The van der Waals surface area contributed by atoms with Crippen LogP contribution in [0.2, 0.25) is 10.0 Å². The average Bonchev–Trinajstić information content (AvgIpc) is 2.47. The van der Waals surface area contributed by atoms with Crippen molar-refractivity contribution >= 4 is 23.2 Å². The Kier molecular flexibility index (Phi) is 5.55. The van der Waals surface area contributed by atoms with Crippen LogP contribution < -0.4 is 5.73 Å². The molecule has 0 heterocycles. The minimum absolute atomic E-state index is 0.176. The zero-order valence-electron chi connectivity index (χ0n) is 13.4. The number of hydrogen-bond acceptors (Lipinski definition) is 1. The Labute approximate surface area is 143 Å². The first kappa shape index (κ1) is 17.3. The lowest BCUT2D eigenvalue weighted by Crippen LogP contribution is -2.15. The fourth-order valence-electron chi connectivity index (χ4n) is 2.53. The van der Waals surface area contributed by atoms with Gasteiger partial charge in [0, 0.05) is 5.92 Å². The van der Waals surface area contributed by atoms with Crippen molar-refractivity contribution in [1.29, 1.82) is 0 Å². The van der Waals surface area contributed by atoms with Gasteiger partial charge in [-0.1, -0.05) is 74.3 Å². The van der Waals surface area contributed by atoms with E-state index < -0.39 is 0 Å². The predicted octanol–water partition coefficient (Wildman–Crippen LogP) is 5.58. The van der Waals surface area contributed by atoms with E-state index >= 15 is 0 Å². The number of nitrogens with two attached hydrogens (primary N) is 1. The smallest absolute Gasteiger partial charge is 0.0595 e. The molecule has 118 valence electrons. The van der Waals surface area contributed by atoms with Gasteiger partial charge in [0.15, 0.2) is 0 Å². The van der Waals surface area contributed by atoms with Gasteiger partial charge in [0.05, 0.1) is 10.0 Å². The van der Waals surface area contributed by atoms with E-state index in [-0.39, 0.29) is 11.3 Å². The third-order valence-corrected chi connectivity index (χ3v) is 4.74. The molecule has 2 aromatic rings. The van der Waals surface area contributed by atoms with Crippen molar-refractivity contribution in [3.8, 4) is 0 Å². The summed E-state index contributed by atoms with van der Waals surface area (Å²) in [6.07, 6.45) is 0.902. The molecule has 1 nitrogen and oxygen atoms in total. The summed E-state index contributed by atoms with van der Waals surface area (Å²) in [4.78, 5) is 0. The lowest BCUT2D eigenvalue weighted by Gasteiger charge is -2.20. The highest BCUT2D eigenvalue weighted by molar-refractivity contribution is 6.42. The highest BCUT2D eigenvalue weighted by Crippen LogP contribution is 2.29. The number of benzene rings is 2. The maximum atomic E-state index is 6.12. The Bertz CT molecular complexity index is 627. The van der Waals surface area contributed by atoms with Crippen molar-refractivity contribution in [3.05, 3.63) is 69.2 Å². The highest BCUT2D eigenvalue weighted by Gasteiger charge is 2.15. The molecule has 0 saturated carbocycles. The number of halogens is 2. The lowest BCUT2D eigenvalue weighted by atomic mass is 9.85. The normalized spacial score (nSPS) is 13.2. The minimum Gasteiger partial charge on any atom is -0.330 e. The molecule has 3 heteroatoms. The highest BCUT2D eigenvalue weighted by atomic mass is 35.5. The van der Waals surface area contributed by atoms with E-state index in [0.717, 1.165) is 12.0 Å². The average molecular weight is 336 g/mol. The van der Waals surface area contributed by atoms with Crippen LogP contribution in [0.4, 0.5) is 0 Å². The summed E-state index contributed by atoms with van der Waals surface area (Å²) >= 11 is 12.1. The third-order valence-electron chi connectivity index (χ3n) is 4.00. The lowest BCUT2D eigenvalue weighted by molar-refractivity contribution is 0.589. The second-order valence-corrected chi connectivity index (χ2v) is 7.57. The third kappa shape index (κ3) is 4.25. The predicted molar refractivity (Wildman–Crippen MR) is 97.1 cm³/mol. The topological polar surface area (TPSA) is 26.0 Å². The molecule has 0 aliphatic heterocycles. The van der Waals surface area contributed by atoms with Gasteiger partial charge in [-0.25, -0.2) is 0 Å². The van der Waals surface area contributed by atoms with Crippen molar-refractivity contribution in [2.24, 2.45) is 5.73 Å². The number of hydrogen-bond donors (Lipinski definition) is 1. The molecule has 22 heavy (non-hydrogen) atoms. The van der Waals surface area contributed by atoms with E-state index in [4.69, 9.17) is 28.9 Å². The fourth-order valence-corrected chi connectivity index (χ4v) is 2.84. The van der Waals surface area contributed by atoms with Gasteiger partial charge in [-0.3, -0.25) is 0 Å². The van der Waals surface area contributed by atoms with Crippen LogP contribution in [0.25, 0.3) is 0 Å². The molecule has 0 aliphatic carbocycles. The second kappa shape index (κ2) is 7.04. The largest absolute Gasteiger partial charge is 0.330 e. The molecule has 2 aromatic carbocycles. The molecular weight excluding hydrogens is 313 g/mol. The van der Waals surface area contributed by atoms with E-state index in [9.17, 15) is 0 Å². The van der Waals surface area contributed by atoms with E-state index in [1.54, 1.807) is 0 Å². The summed E-state index contributed by atoms with van der Waals surface area (Å²) in [6.45, 7) is 7.25. The van der Waals surface area contributed by atoms with Crippen LogP contribution in [-0.4, -0.2) is 6.54 Å². The number of rotatable bonds is 4. The molecule has 0 radical (unpaired) electrons. The molecule has 0 fully saturated rings. The summed E-state index contributed by atoms with van der Waals surface area (Å²) in [7, 11) is 0. The van der Waals surface area contributed by atoms with Gasteiger partial charge in [-0.2, -0.15) is 0 Å². The van der Waals surface area contributed by atoms with Crippen LogP contribution in [-0.2, 0) is 11.8 Å². The molecule has 0 amide bonds. The van der Waals surface area contributed by atoms with Crippen molar-refractivity contribution < 1.29 is 0 Å². The van der Waals surface area contributed by atoms with Crippen molar-refractivity contribution in [2.45, 2.75) is 38.5 Å². The van der Waals surface area contributed by atoms with Crippen molar-refractivity contribution in [2.75, 3.05) is 6.54 Å². The van der Waals surface area contributed by atoms with Crippen LogP contribution in [0.5, 0.6) is 0 Å². The van der Waals surface area contributed by atoms with Crippen LogP contribution >= 0.6 is 23.2 Å². The van der Waals surface area contributed by atoms with E-state index in [0.29, 0.717) is 16.6 Å². The van der Waals surface area contributed by atoms with Crippen molar-refractivity contribution in [3.63, 3.8) is 0 Å². The summed E-state index contributed by atoms with van der Waals surface area (Å²) < 4.78 is 0. The molecule has 0 saturated heterocycles. The summed E-state index contributed by atoms with van der Waals surface area (Å²) in [5.41, 5.74) is 9.91. The van der Waals surface area contributed by atoms with Crippen molar-refractivity contribution in [1.82, 2.24) is 0 Å². The second-order valence-electron chi connectivity index (χ2n) is 6.76. The molecule has 0 aromatic heterocycles. The summed E-state index contributed by atoms with van der Waals surface area (Å²) in [5.74, 6) is 0.246. The molecular formula is C19H23Cl2N.